The third kappa shape index (κ3) is 3.54. The van der Waals surface area contributed by atoms with Crippen molar-refractivity contribution in [2.24, 2.45) is 5.92 Å². The standard InChI is InChI=1S/C18H28O2/c1-13-9-11-16(18(20-3)14(13)2)17(19)12-10-15-7-5-4-6-8-15/h9,11,15,17,19H,4-8,10,12H2,1-3H3. The maximum atomic E-state index is 10.5. The monoisotopic (exact) mass is 276 g/mol. The summed E-state index contributed by atoms with van der Waals surface area (Å²) in [6.07, 6.45) is 8.41. The van der Waals surface area contributed by atoms with E-state index in [-0.39, 0.29) is 0 Å². The fraction of sp³-hybridized carbons (Fsp3) is 0.667. The molecular weight excluding hydrogens is 248 g/mol. The lowest BCUT2D eigenvalue weighted by molar-refractivity contribution is 0.147. The average Bonchev–Trinajstić information content (AvgIpc) is 2.48. The van der Waals surface area contributed by atoms with Crippen molar-refractivity contribution in [3.05, 3.63) is 28.8 Å². The van der Waals surface area contributed by atoms with Gasteiger partial charge in [0.05, 0.1) is 13.2 Å². The first-order valence-electron chi connectivity index (χ1n) is 7.95. The van der Waals surface area contributed by atoms with E-state index in [0.29, 0.717) is 0 Å². The van der Waals surface area contributed by atoms with Crippen LogP contribution in [0.15, 0.2) is 12.1 Å². The molecule has 0 spiro atoms. The molecule has 1 atom stereocenters. The predicted molar refractivity (Wildman–Crippen MR) is 83.2 cm³/mol. The zero-order valence-electron chi connectivity index (χ0n) is 13.1. The Balaban J connectivity index is 2.01. The summed E-state index contributed by atoms with van der Waals surface area (Å²) in [5.74, 6) is 1.68. The molecule has 1 aromatic carbocycles. The van der Waals surface area contributed by atoms with Crippen molar-refractivity contribution >= 4 is 0 Å². The predicted octanol–water partition coefficient (Wildman–Crippen LogP) is 4.71. The molecule has 1 aromatic rings. The summed E-state index contributed by atoms with van der Waals surface area (Å²) >= 11 is 0. The molecule has 112 valence electrons. The number of aryl methyl sites for hydroxylation is 1. The molecule has 1 fully saturated rings. The molecule has 20 heavy (non-hydrogen) atoms. The van der Waals surface area contributed by atoms with E-state index in [1.165, 1.54) is 37.7 Å². The van der Waals surface area contributed by atoms with Crippen LogP contribution in [0.4, 0.5) is 0 Å². The zero-order chi connectivity index (χ0) is 14.5. The smallest absolute Gasteiger partial charge is 0.127 e. The molecule has 0 radical (unpaired) electrons. The highest BCUT2D eigenvalue weighted by Gasteiger charge is 2.19. The van der Waals surface area contributed by atoms with E-state index in [0.717, 1.165) is 35.6 Å². The molecule has 2 heteroatoms. The Bertz CT molecular complexity index is 433. The van der Waals surface area contributed by atoms with Crippen molar-refractivity contribution in [2.75, 3.05) is 7.11 Å². The Labute approximate surface area is 123 Å². The van der Waals surface area contributed by atoms with Crippen molar-refractivity contribution in [1.29, 1.82) is 0 Å². The van der Waals surface area contributed by atoms with Gasteiger partial charge in [-0.2, -0.15) is 0 Å². The zero-order valence-corrected chi connectivity index (χ0v) is 13.1. The first-order valence-corrected chi connectivity index (χ1v) is 7.95. The highest BCUT2D eigenvalue weighted by atomic mass is 16.5. The Hall–Kier alpha value is -1.02. The largest absolute Gasteiger partial charge is 0.496 e. The normalized spacial score (nSPS) is 18.0. The van der Waals surface area contributed by atoms with Crippen LogP contribution in [0.3, 0.4) is 0 Å². The molecule has 1 aliphatic rings. The van der Waals surface area contributed by atoms with Crippen LogP contribution in [-0.4, -0.2) is 12.2 Å². The third-order valence-electron chi connectivity index (χ3n) is 4.84. The topological polar surface area (TPSA) is 29.5 Å². The number of hydrogen-bond donors (Lipinski definition) is 1. The summed E-state index contributed by atoms with van der Waals surface area (Å²) in [4.78, 5) is 0. The molecule has 1 unspecified atom stereocenters. The molecule has 1 N–H and O–H groups in total. The highest BCUT2D eigenvalue weighted by Crippen LogP contribution is 2.35. The summed E-state index contributed by atoms with van der Waals surface area (Å²) in [7, 11) is 1.69. The van der Waals surface area contributed by atoms with Gasteiger partial charge < -0.3 is 9.84 Å². The molecule has 0 aromatic heterocycles. The van der Waals surface area contributed by atoms with Gasteiger partial charge in [0.1, 0.15) is 5.75 Å². The maximum absolute atomic E-state index is 10.5. The molecule has 2 rings (SSSR count). The van der Waals surface area contributed by atoms with Crippen LogP contribution in [-0.2, 0) is 0 Å². The van der Waals surface area contributed by atoms with E-state index in [9.17, 15) is 5.11 Å². The van der Waals surface area contributed by atoms with Crippen LogP contribution < -0.4 is 4.74 Å². The van der Waals surface area contributed by atoms with Gasteiger partial charge in [0.2, 0.25) is 0 Å². The minimum atomic E-state index is -0.397. The van der Waals surface area contributed by atoms with Gasteiger partial charge in [0, 0.05) is 5.56 Å². The highest BCUT2D eigenvalue weighted by molar-refractivity contribution is 5.46. The van der Waals surface area contributed by atoms with Gasteiger partial charge in [-0.1, -0.05) is 44.2 Å². The first-order chi connectivity index (χ1) is 9.63. The molecule has 0 amide bonds. The van der Waals surface area contributed by atoms with Gasteiger partial charge in [-0.25, -0.2) is 0 Å². The summed E-state index contributed by atoms with van der Waals surface area (Å²) in [5, 5.41) is 10.5. The van der Waals surface area contributed by atoms with Crippen molar-refractivity contribution in [3.63, 3.8) is 0 Å². The van der Waals surface area contributed by atoms with E-state index in [1.54, 1.807) is 7.11 Å². The second-order valence-electron chi connectivity index (χ2n) is 6.23. The van der Waals surface area contributed by atoms with Gasteiger partial charge in [-0.3, -0.25) is 0 Å². The fourth-order valence-corrected chi connectivity index (χ4v) is 3.37. The Morgan fingerprint density at radius 3 is 2.55 bits per heavy atom. The number of ether oxygens (including phenoxy) is 1. The molecule has 0 aliphatic heterocycles. The lowest BCUT2D eigenvalue weighted by Crippen LogP contribution is -2.09. The van der Waals surface area contributed by atoms with Gasteiger partial charge in [0.15, 0.2) is 0 Å². The van der Waals surface area contributed by atoms with Crippen LogP contribution >= 0.6 is 0 Å². The lowest BCUT2D eigenvalue weighted by Gasteiger charge is -2.23. The van der Waals surface area contributed by atoms with E-state index < -0.39 is 6.10 Å². The van der Waals surface area contributed by atoms with Crippen molar-refractivity contribution in [1.82, 2.24) is 0 Å². The summed E-state index contributed by atoms with van der Waals surface area (Å²) in [5.41, 5.74) is 3.30. The van der Waals surface area contributed by atoms with Crippen LogP contribution in [0.5, 0.6) is 5.75 Å². The minimum Gasteiger partial charge on any atom is -0.496 e. The molecule has 0 bridgehead atoms. The first kappa shape index (κ1) is 15.4. The van der Waals surface area contributed by atoms with Crippen LogP contribution in [0.25, 0.3) is 0 Å². The average molecular weight is 276 g/mol. The van der Waals surface area contributed by atoms with E-state index in [4.69, 9.17) is 4.74 Å². The van der Waals surface area contributed by atoms with Crippen molar-refractivity contribution in [3.8, 4) is 5.75 Å². The third-order valence-corrected chi connectivity index (χ3v) is 4.84. The summed E-state index contributed by atoms with van der Waals surface area (Å²) < 4.78 is 5.51. The molecule has 0 heterocycles. The number of rotatable bonds is 5. The Kier molecular flexibility index (Phi) is 5.47. The summed E-state index contributed by atoms with van der Waals surface area (Å²) in [6, 6.07) is 4.10. The fourth-order valence-electron chi connectivity index (χ4n) is 3.37. The Morgan fingerprint density at radius 2 is 1.90 bits per heavy atom. The van der Waals surface area contributed by atoms with Crippen molar-refractivity contribution < 1.29 is 9.84 Å². The lowest BCUT2D eigenvalue weighted by atomic mass is 9.84. The van der Waals surface area contributed by atoms with E-state index >= 15 is 0 Å². The van der Waals surface area contributed by atoms with Crippen LogP contribution in [0, 0.1) is 19.8 Å². The molecule has 1 saturated carbocycles. The van der Waals surface area contributed by atoms with Gasteiger partial charge >= 0.3 is 0 Å². The van der Waals surface area contributed by atoms with E-state index in [2.05, 4.69) is 19.9 Å². The number of methoxy groups -OCH3 is 1. The van der Waals surface area contributed by atoms with Gasteiger partial charge in [-0.15, -0.1) is 0 Å². The van der Waals surface area contributed by atoms with Gasteiger partial charge in [-0.05, 0) is 43.7 Å². The molecular formula is C18H28O2. The Morgan fingerprint density at radius 1 is 1.20 bits per heavy atom. The number of benzene rings is 1. The number of aliphatic hydroxyl groups is 1. The number of hydrogen-bond acceptors (Lipinski definition) is 2. The second kappa shape index (κ2) is 7.12. The number of aliphatic hydroxyl groups excluding tert-OH is 1. The molecule has 1 aliphatic carbocycles. The van der Waals surface area contributed by atoms with Crippen molar-refractivity contribution in [2.45, 2.75) is 64.9 Å². The van der Waals surface area contributed by atoms with Gasteiger partial charge in [0.25, 0.3) is 0 Å². The quantitative estimate of drug-likeness (QED) is 0.844. The molecule has 0 saturated heterocycles. The second-order valence-corrected chi connectivity index (χ2v) is 6.23. The van der Waals surface area contributed by atoms with E-state index in [1.807, 2.05) is 6.07 Å². The molecule has 2 nitrogen and oxygen atoms in total. The summed E-state index contributed by atoms with van der Waals surface area (Å²) in [6.45, 7) is 4.14. The SMILES string of the molecule is COc1c(C(O)CCC2CCCCC2)ccc(C)c1C. The minimum absolute atomic E-state index is 0.397. The maximum Gasteiger partial charge on any atom is 0.127 e. The van der Waals surface area contributed by atoms with Crippen LogP contribution in [0.1, 0.15) is 67.7 Å². The van der Waals surface area contributed by atoms with Crippen LogP contribution in [0.2, 0.25) is 0 Å².